The molecule has 2 fully saturated rings. The van der Waals surface area contributed by atoms with Crippen molar-refractivity contribution in [3.05, 3.63) is 24.3 Å². The molecule has 3 aromatic rings. The molecule has 0 spiro atoms. The van der Waals surface area contributed by atoms with Gasteiger partial charge in [-0.05, 0) is 32.3 Å². The van der Waals surface area contributed by atoms with E-state index in [0.29, 0.717) is 18.1 Å². The molecule has 6 heteroatoms. The fourth-order valence-corrected chi connectivity index (χ4v) is 4.16. The van der Waals surface area contributed by atoms with Crippen molar-refractivity contribution in [1.29, 1.82) is 0 Å². The molecule has 0 amide bonds. The molecule has 0 unspecified atom stereocenters. The Kier molecular flexibility index (Phi) is 2.96. The third kappa shape index (κ3) is 2.09. The number of H-pyrrole nitrogens is 1. The number of nitrogens with zero attached hydrogens (tertiary/aromatic N) is 3. The SMILES string of the molecule is Cc1nc2cnc3[nH]ccc3c2n1[C@@H]1CC[C@@H](NC2COC2)C1. The van der Waals surface area contributed by atoms with Gasteiger partial charge in [0.25, 0.3) is 0 Å². The third-order valence-electron chi connectivity index (χ3n) is 5.29. The Bertz CT molecular complexity index is 862. The lowest BCUT2D eigenvalue weighted by Gasteiger charge is -2.30. The summed E-state index contributed by atoms with van der Waals surface area (Å²) in [6, 6.07) is 3.77. The summed E-state index contributed by atoms with van der Waals surface area (Å²) in [6.07, 6.45) is 7.43. The molecule has 0 aromatic carbocycles. The van der Waals surface area contributed by atoms with Crippen LogP contribution in [0.25, 0.3) is 22.1 Å². The van der Waals surface area contributed by atoms with Gasteiger partial charge in [-0.15, -0.1) is 0 Å². The van der Waals surface area contributed by atoms with Gasteiger partial charge in [-0.25, -0.2) is 9.97 Å². The number of ether oxygens (including phenoxy) is 1. The van der Waals surface area contributed by atoms with Crippen LogP contribution in [0.2, 0.25) is 0 Å². The first-order valence-corrected chi connectivity index (χ1v) is 8.44. The van der Waals surface area contributed by atoms with Crippen molar-refractivity contribution in [2.24, 2.45) is 0 Å². The smallest absolute Gasteiger partial charge is 0.139 e. The van der Waals surface area contributed by atoms with Crippen molar-refractivity contribution in [3.63, 3.8) is 0 Å². The molecule has 23 heavy (non-hydrogen) atoms. The molecule has 1 saturated carbocycles. The fourth-order valence-electron chi connectivity index (χ4n) is 4.16. The predicted octanol–water partition coefficient (Wildman–Crippen LogP) is 2.30. The second-order valence-corrected chi connectivity index (χ2v) is 6.83. The maximum atomic E-state index is 5.27. The normalized spacial score (nSPS) is 25.4. The highest BCUT2D eigenvalue weighted by molar-refractivity contribution is 6.01. The average molecular weight is 311 g/mol. The number of imidazole rings is 1. The molecule has 1 saturated heterocycles. The largest absolute Gasteiger partial charge is 0.378 e. The summed E-state index contributed by atoms with van der Waals surface area (Å²) in [7, 11) is 0. The number of aryl methyl sites for hydroxylation is 1. The minimum absolute atomic E-state index is 0.513. The third-order valence-corrected chi connectivity index (χ3v) is 5.29. The lowest BCUT2D eigenvalue weighted by Crippen LogP contribution is -2.49. The van der Waals surface area contributed by atoms with Gasteiger partial charge in [0.2, 0.25) is 0 Å². The molecule has 2 N–H and O–H groups in total. The van der Waals surface area contributed by atoms with E-state index in [0.717, 1.165) is 36.6 Å². The van der Waals surface area contributed by atoms with E-state index in [1.807, 2.05) is 12.4 Å². The first kappa shape index (κ1) is 13.5. The van der Waals surface area contributed by atoms with E-state index in [-0.39, 0.29) is 0 Å². The highest BCUT2D eigenvalue weighted by Crippen LogP contribution is 2.36. The maximum absolute atomic E-state index is 5.27. The monoisotopic (exact) mass is 311 g/mol. The van der Waals surface area contributed by atoms with Crippen LogP contribution < -0.4 is 5.32 Å². The summed E-state index contributed by atoms with van der Waals surface area (Å²) < 4.78 is 7.71. The zero-order valence-corrected chi connectivity index (χ0v) is 13.2. The summed E-state index contributed by atoms with van der Waals surface area (Å²) in [5, 5.41) is 4.90. The molecular weight excluding hydrogens is 290 g/mol. The van der Waals surface area contributed by atoms with Crippen LogP contribution in [0.5, 0.6) is 0 Å². The Morgan fingerprint density at radius 1 is 1.30 bits per heavy atom. The van der Waals surface area contributed by atoms with Gasteiger partial charge >= 0.3 is 0 Å². The van der Waals surface area contributed by atoms with Gasteiger partial charge in [-0.1, -0.05) is 0 Å². The molecule has 5 rings (SSSR count). The van der Waals surface area contributed by atoms with E-state index >= 15 is 0 Å². The Morgan fingerprint density at radius 3 is 3.04 bits per heavy atom. The summed E-state index contributed by atoms with van der Waals surface area (Å²) in [5.74, 6) is 1.09. The van der Waals surface area contributed by atoms with Gasteiger partial charge in [-0.2, -0.15) is 0 Å². The van der Waals surface area contributed by atoms with Crippen LogP contribution in [0.3, 0.4) is 0 Å². The van der Waals surface area contributed by atoms with Gasteiger partial charge in [0.1, 0.15) is 17.0 Å². The maximum Gasteiger partial charge on any atom is 0.139 e. The highest BCUT2D eigenvalue weighted by atomic mass is 16.5. The molecule has 1 aliphatic heterocycles. The first-order chi connectivity index (χ1) is 11.3. The standard InChI is InChI=1S/C17H21N5O/c1-10-20-15-7-19-17-14(4-5-18-17)16(15)22(10)13-3-2-11(6-13)21-12-8-23-9-12/h4-5,7,11-13,21H,2-3,6,8-9H2,1H3,(H,18,19)/t11-,13-/m1/s1. The van der Waals surface area contributed by atoms with Gasteiger partial charge in [-0.3, -0.25) is 0 Å². The van der Waals surface area contributed by atoms with E-state index < -0.39 is 0 Å². The van der Waals surface area contributed by atoms with Crippen molar-refractivity contribution in [2.75, 3.05) is 13.2 Å². The number of hydrogen-bond donors (Lipinski definition) is 2. The van der Waals surface area contributed by atoms with Gasteiger partial charge in [0.15, 0.2) is 0 Å². The van der Waals surface area contributed by atoms with Gasteiger partial charge in [0, 0.05) is 23.7 Å². The molecule has 3 aromatic heterocycles. The Labute approximate surface area is 134 Å². The van der Waals surface area contributed by atoms with Crippen LogP contribution in [-0.4, -0.2) is 44.8 Å². The van der Waals surface area contributed by atoms with E-state index in [9.17, 15) is 0 Å². The van der Waals surface area contributed by atoms with Gasteiger partial charge < -0.3 is 19.6 Å². The van der Waals surface area contributed by atoms with Crippen molar-refractivity contribution in [1.82, 2.24) is 24.8 Å². The van der Waals surface area contributed by atoms with E-state index in [2.05, 4.69) is 32.8 Å². The van der Waals surface area contributed by atoms with Crippen molar-refractivity contribution in [2.45, 2.75) is 44.3 Å². The molecule has 4 heterocycles. The molecule has 6 nitrogen and oxygen atoms in total. The van der Waals surface area contributed by atoms with Crippen molar-refractivity contribution in [3.8, 4) is 0 Å². The van der Waals surface area contributed by atoms with Crippen molar-refractivity contribution >= 4 is 22.1 Å². The molecular formula is C17H21N5O. The van der Waals surface area contributed by atoms with Crippen LogP contribution in [0.1, 0.15) is 31.1 Å². The average Bonchev–Trinajstić information content (AvgIpc) is 3.19. The molecule has 0 bridgehead atoms. The summed E-state index contributed by atoms with van der Waals surface area (Å²) in [6.45, 7) is 3.84. The number of nitrogens with one attached hydrogen (secondary N) is 2. The quantitative estimate of drug-likeness (QED) is 0.779. The second-order valence-electron chi connectivity index (χ2n) is 6.83. The Hall–Kier alpha value is -1.92. The Morgan fingerprint density at radius 2 is 2.22 bits per heavy atom. The topological polar surface area (TPSA) is 67.8 Å². The summed E-state index contributed by atoms with van der Waals surface area (Å²) in [4.78, 5) is 12.4. The molecule has 2 aliphatic rings. The minimum atomic E-state index is 0.513. The number of hydrogen-bond acceptors (Lipinski definition) is 4. The molecule has 1 aliphatic carbocycles. The minimum Gasteiger partial charge on any atom is -0.378 e. The number of rotatable bonds is 3. The Balaban J connectivity index is 1.52. The molecule has 2 atom stereocenters. The van der Waals surface area contributed by atoms with Crippen LogP contribution >= 0.6 is 0 Å². The van der Waals surface area contributed by atoms with E-state index in [1.54, 1.807) is 0 Å². The highest BCUT2D eigenvalue weighted by Gasteiger charge is 2.31. The zero-order chi connectivity index (χ0) is 15.4. The van der Waals surface area contributed by atoms with Crippen molar-refractivity contribution < 1.29 is 4.74 Å². The zero-order valence-electron chi connectivity index (χ0n) is 13.2. The fraction of sp³-hybridized carbons (Fsp3) is 0.529. The first-order valence-electron chi connectivity index (χ1n) is 8.44. The lowest BCUT2D eigenvalue weighted by molar-refractivity contribution is -0.00979. The summed E-state index contributed by atoms with van der Waals surface area (Å²) in [5.41, 5.74) is 3.17. The second kappa shape index (κ2) is 5.04. The van der Waals surface area contributed by atoms with Crippen LogP contribution in [0.15, 0.2) is 18.5 Å². The lowest BCUT2D eigenvalue weighted by atomic mass is 10.1. The number of aromatic amines is 1. The van der Waals surface area contributed by atoms with Gasteiger partial charge in [0.05, 0.1) is 31.0 Å². The summed E-state index contributed by atoms with van der Waals surface area (Å²) >= 11 is 0. The predicted molar refractivity (Wildman–Crippen MR) is 88.5 cm³/mol. The van der Waals surface area contributed by atoms with E-state index in [4.69, 9.17) is 9.72 Å². The van der Waals surface area contributed by atoms with Crippen LogP contribution in [-0.2, 0) is 4.74 Å². The van der Waals surface area contributed by atoms with E-state index in [1.165, 1.54) is 23.7 Å². The molecule has 120 valence electrons. The van der Waals surface area contributed by atoms with Crippen LogP contribution in [0, 0.1) is 6.92 Å². The number of aromatic nitrogens is 4. The van der Waals surface area contributed by atoms with Crippen LogP contribution in [0.4, 0.5) is 0 Å². The number of pyridine rings is 1. The molecule has 0 radical (unpaired) electrons. The number of fused-ring (bicyclic) bond motifs is 3.